The third-order valence-electron chi connectivity index (χ3n) is 16.0. The van der Waals surface area contributed by atoms with E-state index in [9.17, 15) is 33.2 Å². The number of amides is 6. The second-order valence-corrected chi connectivity index (χ2v) is 23.3. The molecule has 11 rings (SSSR count). The molecule has 5 N–H and O–H groups in total. The number of carbonyl (C=O) groups excluding carboxylic acids is 6. The molecule has 2 aliphatic heterocycles. The Morgan fingerprint density at radius 1 is 0.562 bits per heavy atom. The van der Waals surface area contributed by atoms with Crippen LogP contribution in [-0.4, -0.2) is 100 Å². The number of nitrogens with one attached hydrogen (secondary N) is 5. The summed E-state index contributed by atoms with van der Waals surface area (Å²) >= 11 is 0. The molecule has 18 heteroatoms. The first kappa shape index (κ1) is 60.7. The maximum absolute atomic E-state index is 15.6. The van der Waals surface area contributed by atoms with Crippen molar-refractivity contribution in [2.45, 2.75) is 47.0 Å². The van der Waals surface area contributed by atoms with Crippen LogP contribution in [0.2, 0.25) is 0 Å². The van der Waals surface area contributed by atoms with E-state index < -0.39 is 35.3 Å². The van der Waals surface area contributed by atoms with Crippen LogP contribution in [0.1, 0.15) is 109 Å². The molecule has 1 saturated heterocycles. The average Bonchev–Trinajstić information content (AvgIpc) is 1.87. The number of halogens is 2. The topological polar surface area (TPSA) is 211 Å². The monoisotopic (exact) mass is 1200 g/mol. The molecule has 1 unspecified atom stereocenters. The Morgan fingerprint density at radius 2 is 1.09 bits per heavy atom. The van der Waals surface area contributed by atoms with Crippen molar-refractivity contribution in [1.29, 1.82) is 0 Å². The standard InChI is InChI=1S/C71H68F2N6O10/c1-39(2)35-77-66(80)46-15-22-58(53(32-46)44-13-24-60-56(30-44)62(68(82)74-5)64(88-60)42-10-17-48(72)18-11-42)86-28-8-27-79-70(84)51-20-12-43(29-55(51)71(79)85)52-34-49(73)19-21-50(52)65-63(69(83)75-6)57-31-45(14-25-61(57)89-65)54-33-47(67(81)78-36-40(3)4)16-23-59(54)87-38-41-9-7-26-76-37-41/h10-25,29-34,39-41,76H,7-9,26-28,35-38H2,1-6H3,(H,74,82)(H,75,83)(H,77,80)(H,78,81). The Kier molecular flexibility index (Phi) is 17.9. The lowest BCUT2D eigenvalue weighted by atomic mass is 9.93. The number of piperidine rings is 1. The highest BCUT2D eigenvalue weighted by Gasteiger charge is 2.36. The number of carbonyl (C=O) groups is 6. The molecule has 6 amide bonds. The quantitative estimate of drug-likeness (QED) is 0.0337. The van der Waals surface area contributed by atoms with Crippen LogP contribution in [0.3, 0.4) is 0 Å². The number of nitrogens with zero attached hydrogens (tertiary/aromatic N) is 1. The van der Waals surface area contributed by atoms with Gasteiger partial charge in [-0.05, 0) is 175 Å². The summed E-state index contributed by atoms with van der Waals surface area (Å²) in [5.41, 5.74) is 6.13. The van der Waals surface area contributed by atoms with Crippen LogP contribution in [0.5, 0.6) is 11.5 Å². The molecule has 9 aromatic rings. The van der Waals surface area contributed by atoms with E-state index in [2.05, 4.69) is 26.6 Å². The van der Waals surface area contributed by atoms with Gasteiger partial charge in [0.1, 0.15) is 45.8 Å². The summed E-state index contributed by atoms with van der Waals surface area (Å²) in [4.78, 5) is 84.1. The van der Waals surface area contributed by atoms with E-state index in [1.165, 1.54) is 62.6 Å². The van der Waals surface area contributed by atoms with Gasteiger partial charge in [-0.15, -0.1) is 0 Å². The fourth-order valence-electron chi connectivity index (χ4n) is 11.4. The normalized spacial score (nSPS) is 14.0. The molecule has 0 saturated carbocycles. The highest BCUT2D eigenvalue weighted by molar-refractivity contribution is 6.22. The zero-order valence-electron chi connectivity index (χ0n) is 50.3. The number of furan rings is 2. The Bertz CT molecular complexity index is 4240. The van der Waals surface area contributed by atoms with Crippen molar-refractivity contribution in [3.05, 3.63) is 178 Å². The van der Waals surface area contributed by atoms with E-state index in [1.807, 2.05) is 39.8 Å². The predicted octanol–water partition coefficient (Wildman–Crippen LogP) is 12.7. The molecule has 0 radical (unpaired) electrons. The largest absolute Gasteiger partial charge is 0.493 e. The number of hydrogen-bond acceptors (Lipinski definition) is 11. The lowest BCUT2D eigenvalue weighted by Gasteiger charge is -2.23. The number of rotatable bonds is 21. The molecule has 2 aliphatic rings. The molecule has 16 nitrogen and oxygen atoms in total. The maximum atomic E-state index is 15.6. The van der Waals surface area contributed by atoms with Gasteiger partial charge in [-0.3, -0.25) is 33.7 Å². The van der Waals surface area contributed by atoms with E-state index in [0.29, 0.717) is 115 Å². The highest BCUT2D eigenvalue weighted by Crippen LogP contribution is 2.44. The Labute approximate surface area is 513 Å². The van der Waals surface area contributed by atoms with Crippen molar-refractivity contribution < 1.29 is 55.9 Å². The Morgan fingerprint density at radius 3 is 1.67 bits per heavy atom. The SMILES string of the molecule is CNC(=O)c1c(-c2ccc(F)cc2)oc2ccc(-c3cc(C(=O)NCC(C)C)ccc3OCCCN3C(=O)c4ccc(-c5cc(F)ccc5-c5oc6ccc(-c7cc(C(=O)NCC(C)C)ccc7OCC7CCCNC7)cc6c5C(=O)NC)cc4C3=O)cc12. The van der Waals surface area contributed by atoms with Gasteiger partial charge in [-0.2, -0.15) is 0 Å². The third-order valence-corrected chi connectivity index (χ3v) is 16.0. The van der Waals surface area contributed by atoms with Crippen molar-refractivity contribution in [3.63, 3.8) is 0 Å². The van der Waals surface area contributed by atoms with Crippen molar-refractivity contribution in [2.75, 3.05) is 60.0 Å². The van der Waals surface area contributed by atoms with Crippen LogP contribution >= 0.6 is 0 Å². The lowest BCUT2D eigenvalue weighted by molar-refractivity contribution is 0.0645. The van der Waals surface area contributed by atoms with Crippen LogP contribution in [0.4, 0.5) is 8.78 Å². The average molecular weight is 1200 g/mol. The van der Waals surface area contributed by atoms with Crippen LogP contribution in [0.25, 0.3) is 78.0 Å². The fourth-order valence-corrected chi connectivity index (χ4v) is 11.4. The number of imide groups is 1. The summed E-state index contributed by atoms with van der Waals surface area (Å²) in [6.07, 6.45) is 2.26. The second-order valence-electron chi connectivity index (χ2n) is 23.3. The summed E-state index contributed by atoms with van der Waals surface area (Å²) in [5.74, 6) is -1.50. The van der Waals surface area contributed by atoms with Crippen LogP contribution in [0, 0.1) is 29.4 Å². The smallest absolute Gasteiger partial charge is 0.261 e. The zero-order chi connectivity index (χ0) is 62.6. The number of ether oxygens (including phenoxy) is 2. The molecule has 7 aromatic carbocycles. The summed E-state index contributed by atoms with van der Waals surface area (Å²) in [7, 11) is 3.00. The van der Waals surface area contributed by atoms with Gasteiger partial charge in [0, 0.05) is 90.3 Å². The van der Waals surface area contributed by atoms with E-state index in [4.69, 9.17) is 18.3 Å². The van der Waals surface area contributed by atoms with Gasteiger partial charge in [0.15, 0.2) is 0 Å². The molecule has 0 aliphatic carbocycles. The number of hydrogen-bond donors (Lipinski definition) is 5. The van der Waals surface area contributed by atoms with E-state index in [0.717, 1.165) is 30.8 Å². The van der Waals surface area contributed by atoms with E-state index >= 15 is 4.39 Å². The van der Waals surface area contributed by atoms with Crippen LogP contribution < -0.4 is 36.1 Å². The first-order chi connectivity index (χ1) is 43.0. The van der Waals surface area contributed by atoms with Crippen LogP contribution in [0.15, 0.2) is 142 Å². The molecular weight excluding hydrogens is 1130 g/mol. The first-order valence-corrected chi connectivity index (χ1v) is 29.9. The Hall–Kier alpha value is -9.94. The number of fused-ring (bicyclic) bond motifs is 3. The predicted molar refractivity (Wildman–Crippen MR) is 337 cm³/mol. The van der Waals surface area contributed by atoms with E-state index in [-0.39, 0.29) is 77.0 Å². The summed E-state index contributed by atoms with van der Waals surface area (Å²) < 4.78 is 55.2. The molecule has 1 atom stereocenters. The molecule has 4 heterocycles. The highest BCUT2D eigenvalue weighted by atomic mass is 19.1. The van der Waals surface area contributed by atoms with Crippen molar-refractivity contribution in [2.24, 2.45) is 17.8 Å². The minimum absolute atomic E-state index is 0.0295. The van der Waals surface area contributed by atoms with Gasteiger partial charge in [-0.1, -0.05) is 45.9 Å². The summed E-state index contributed by atoms with van der Waals surface area (Å²) in [6.45, 7) is 11.2. The van der Waals surface area contributed by atoms with Gasteiger partial charge < -0.3 is 44.9 Å². The summed E-state index contributed by atoms with van der Waals surface area (Å²) in [6, 6.07) is 35.4. The molecular formula is C71H68F2N6O10. The van der Waals surface area contributed by atoms with Crippen LogP contribution in [-0.2, 0) is 0 Å². The van der Waals surface area contributed by atoms with Gasteiger partial charge in [0.25, 0.3) is 35.4 Å². The maximum Gasteiger partial charge on any atom is 0.261 e. The summed E-state index contributed by atoms with van der Waals surface area (Å²) in [5, 5.41) is 15.7. The van der Waals surface area contributed by atoms with E-state index in [1.54, 1.807) is 72.8 Å². The third kappa shape index (κ3) is 12.8. The molecule has 0 spiro atoms. The molecule has 456 valence electrons. The van der Waals surface area contributed by atoms with Crippen molar-refractivity contribution in [1.82, 2.24) is 31.5 Å². The minimum Gasteiger partial charge on any atom is -0.493 e. The van der Waals surface area contributed by atoms with Gasteiger partial charge in [-0.25, -0.2) is 8.78 Å². The minimum atomic E-state index is -0.596. The molecule has 89 heavy (non-hydrogen) atoms. The molecule has 1 fully saturated rings. The van der Waals surface area contributed by atoms with Gasteiger partial charge >= 0.3 is 0 Å². The number of benzene rings is 7. The van der Waals surface area contributed by atoms with Crippen molar-refractivity contribution in [3.8, 4) is 67.5 Å². The zero-order valence-corrected chi connectivity index (χ0v) is 50.3. The second kappa shape index (κ2) is 26.2. The molecule has 2 aromatic heterocycles. The van der Waals surface area contributed by atoms with Gasteiger partial charge in [0.05, 0.1) is 35.5 Å². The lowest BCUT2D eigenvalue weighted by Crippen LogP contribution is -2.33. The fraction of sp³-hybridized carbons (Fsp3) is 0.268. The Balaban J connectivity index is 0.860. The first-order valence-electron chi connectivity index (χ1n) is 29.9. The van der Waals surface area contributed by atoms with Gasteiger partial charge in [0.2, 0.25) is 0 Å². The van der Waals surface area contributed by atoms with Crippen molar-refractivity contribution >= 4 is 57.4 Å². The molecule has 0 bridgehead atoms.